The highest BCUT2D eigenvalue weighted by Crippen LogP contribution is 2.35. The summed E-state index contributed by atoms with van der Waals surface area (Å²) in [5.74, 6) is -1.22. The number of benzene rings is 2. The monoisotopic (exact) mass is 429 g/mol. The molecule has 0 atom stereocenters. The van der Waals surface area contributed by atoms with E-state index in [1.807, 2.05) is 25.1 Å². The molecule has 0 radical (unpaired) electrons. The molecule has 1 aliphatic heterocycles. The zero-order chi connectivity index (χ0) is 22.2. The zero-order valence-electron chi connectivity index (χ0n) is 17.9. The Hall–Kier alpha value is -3.51. The highest BCUT2D eigenvalue weighted by atomic mass is 19.1. The first-order valence-electron chi connectivity index (χ1n) is 10.8. The van der Waals surface area contributed by atoms with Gasteiger partial charge in [-0.15, -0.1) is 0 Å². The summed E-state index contributed by atoms with van der Waals surface area (Å²) in [6.45, 7) is 4.18. The minimum atomic E-state index is -0.910. The number of pyridine rings is 1. The molecule has 4 aromatic rings. The van der Waals surface area contributed by atoms with Gasteiger partial charge in [0.1, 0.15) is 12.4 Å². The summed E-state index contributed by atoms with van der Waals surface area (Å²) in [6, 6.07) is 16.9. The fourth-order valence-corrected chi connectivity index (χ4v) is 4.71. The van der Waals surface area contributed by atoms with Crippen molar-refractivity contribution < 1.29 is 14.3 Å². The molecule has 3 heterocycles. The van der Waals surface area contributed by atoms with Gasteiger partial charge < -0.3 is 9.67 Å². The first-order valence-corrected chi connectivity index (χ1v) is 10.8. The van der Waals surface area contributed by atoms with E-state index in [9.17, 15) is 14.3 Å². The number of aliphatic carboxylic acids is 1. The molecule has 1 aliphatic rings. The number of carbonyl (C=O) groups is 1. The molecule has 162 valence electrons. The van der Waals surface area contributed by atoms with E-state index in [4.69, 9.17) is 4.98 Å². The fourth-order valence-electron chi connectivity index (χ4n) is 4.71. The number of rotatable bonds is 5. The molecule has 0 bridgehead atoms. The lowest BCUT2D eigenvalue weighted by atomic mass is 9.96. The van der Waals surface area contributed by atoms with Crippen LogP contribution in [0.25, 0.3) is 27.4 Å². The van der Waals surface area contributed by atoms with Crippen molar-refractivity contribution in [2.24, 2.45) is 0 Å². The second-order valence-electron chi connectivity index (χ2n) is 8.31. The minimum Gasteiger partial charge on any atom is -0.480 e. The Bertz CT molecular complexity index is 1370. The Kier molecular flexibility index (Phi) is 5.23. The van der Waals surface area contributed by atoms with E-state index in [0.717, 1.165) is 70.4 Å². The van der Waals surface area contributed by atoms with Crippen LogP contribution in [0.1, 0.15) is 23.4 Å². The molecule has 6 heteroatoms. The molecule has 0 amide bonds. The van der Waals surface area contributed by atoms with E-state index in [0.29, 0.717) is 0 Å². The highest BCUT2D eigenvalue weighted by Gasteiger charge is 2.22. The second-order valence-corrected chi connectivity index (χ2v) is 8.31. The molecule has 0 saturated carbocycles. The van der Waals surface area contributed by atoms with Crippen LogP contribution in [0, 0.1) is 12.7 Å². The summed E-state index contributed by atoms with van der Waals surface area (Å²) in [4.78, 5) is 18.5. The van der Waals surface area contributed by atoms with E-state index in [2.05, 4.69) is 29.2 Å². The predicted molar refractivity (Wildman–Crippen MR) is 124 cm³/mol. The average Bonchev–Trinajstić information content (AvgIpc) is 3.04. The van der Waals surface area contributed by atoms with E-state index < -0.39 is 5.97 Å². The topological polar surface area (TPSA) is 58.4 Å². The molecule has 0 fully saturated rings. The van der Waals surface area contributed by atoms with Gasteiger partial charge in [0.05, 0.1) is 11.2 Å². The first-order chi connectivity index (χ1) is 15.5. The number of aromatic nitrogens is 2. The number of carboxylic acid groups (broad SMARTS) is 1. The van der Waals surface area contributed by atoms with Gasteiger partial charge in [0.2, 0.25) is 0 Å². The largest absolute Gasteiger partial charge is 0.480 e. The van der Waals surface area contributed by atoms with Gasteiger partial charge in [-0.3, -0.25) is 14.7 Å². The number of hydrogen-bond donors (Lipinski definition) is 1. The molecule has 0 unspecified atom stereocenters. The molecule has 5 nitrogen and oxygen atoms in total. The van der Waals surface area contributed by atoms with Crippen molar-refractivity contribution in [3.05, 3.63) is 83.4 Å². The molecule has 2 aromatic carbocycles. The Morgan fingerprint density at radius 3 is 2.78 bits per heavy atom. The van der Waals surface area contributed by atoms with Crippen LogP contribution in [0.5, 0.6) is 0 Å². The van der Waals surface area contributed by atoms with E-state index in [-0.39, 0.29) is 12.4 Å². The van der Waals surface area contributed by atoms with Gasteiger partial charge in [-0.2, -0.15) is 0 Å². The lowest BCUT2D eigenvalue weighted by Gasteiger charge is -2.26. The van der Waals surface area contributed by atoms with Crippen LogP contribution in [0.15, 0.2) is 60.7 Å². The number of para-hydroxylation sites is 1. The number of halogens is 1. The standard InChI is InChI=1S/C26H24FN3O2/c1-17-26(22-14-20(27)7-9-24(22)30(17)16-25(31)32)19-10-12-29(13-11-19)15-21-8-6-18-4-2-3-5-23(18)28-21/h2-10,14H,11-13,15-16H2,1H3,(H,31,32). The minimum absolute atomic E-state index is 0.138. The Labute approximate surface area is 185 Å². The van der Waals surface area contributed by atoms with Crippen molar-refractivity contribution in [1.82, 2.24) is 14.5 Å². The summed E-state index contributed by atoms with van der Waals surface area (Å²) in [5.41, 5.74) is 5.77. The summed E-state index contributed by atoms with van der Waals surface area (Å²) < 4.78 is 15.8. The van der Waals surface area contributed by atoms with E-state index >= 15 is 0 Å². The van der Waals surface area contributed by atoms with Crippen molar-refractivity contribution in [2.75, 3.05) is 13.1 Å². The quantitative estimate of drug-likeness (QED) is 0.484. The van der Waals surface area contributed by atoms with Crippen LogP contribution in [-0.4, -0.2) is 38.6 Å². The van der Waals surface area contributed by atoms with Crippen molar-refractivity contribution in [3.8, 4) is 0 Å². The summed E-state index contributed by atoms with van der Waals surface area (Å²) in [7, 11) is 0. The molecule has 0 spiro atoms. The Morgan fingerprint density at radius 1 is 1.16 bits per heavy atom. The maximum absolute atomic E-state index is 14.0. The van der Waals surface area contributed by atoms with Gasteiger partial charge in [-0.25, -0.2) is 4.39 Å². The molecule has 1 N–H and O–H groups in total. The molecule has 32 heavy (non-hydrogen) atoms. The predicted octanol–water partition coefficient (Wildman–Crippen LogP) is 5.01. The number of carboxylic acids is 1. The molecular weight excluding hydrogens is 405 g/mol. The number of fused-ring (bicyclic) bond motifs is 2. The molecule has 5 rings (SSSR count). The van der Waals surface area contributed by atoms with Crippen molar-refractivity contribution in [2.45, 2.75) is 26.4 Å². The lowest BCUT2D eigenvalue weighted by Crippen LogP contribution is -2.28. The van der Waals surface area contributed by atoms with Gasteiger partial charge >= 0.3 is 5.97 Å². The van der Waals surface area contributed by atoms with Gasteiger partial charge in [0.15, 0.2) is 0 Å². The maximum Gasteiger partial charge on any atom is 0.323 e. The van der Waals surface area contributed by atoms with E-state index in [1.54, 1.807) is 10.6 Å². The zero-order valence-corrected chi connectivity index (χ0v) is 17.9. The summed E-state index contributed by atoms with van der Waals surface area (Å²) in [5, 5.41) is 11.3. The second kappa shape index (κ2) is 8.20. The summed E-state index contributed by atoms with van der Waals surface area (Å²) in [6.07, 6.45) is 3.00. The fraction of sp³-hybridized carbons (Fsp3) is 0.231. The Morgan fingerprint density at radius 2 is 2.00 bits per heavy atom. The van der Waals surface area contributed by atoms with Crippen LogP contribution in [0.3, 0.4) is 0 Å². The van der Waals surface area contributed by atoms with Crippen LogP contribution >= 0.6 is 0 Å². The SMILES string of the molecule is Cc1c(C2=CCN(Cc3ccc4ccccc4n3)CC2)c2cc(F)ccc2n1CC(=O)O. The Balaban J connectivity index is 1.42. The molecular formula is C26H24FN3O2. The van der Waals surface area contributed by atoms with Gasteiger partial charge in [0.25, 0.3) is 0 Å². The van der Waals surface area contributed by atoms with E-state index in [1.165, 1.54) is 12.1 Å². The summed E-state index contributed by atoms with van der Waals surface area (Å²) >= 11 is 0. The number of hydrogen-bond acceptors (Lipinski definition) is 3. The third-order valence-corrected chi connectivity index (χ3v) is 6.23. The maximum atomic E-state index is 14.0. The van der Waals surface area contributed by atoms with Crippen LogP contribution in [0.4, 0.5) is 4.39 Å². The first kappa shape index (κ1) is 20.4. The third-order valence-electron chi connectivity index (χ3n) is 6.23. The van der Waals surface area contributed by atoms with Gasteiger partial charge in [0, 0.05) is 47.2 Å². The molecule has 0 aliphatic carbocycles. The van der Waals surface area contributed by atoms with Gasteiger partial charge in [-0.05, 0) is 49.2 Å². The van der Waals surface area contributed by atoms with Crippen molar-refractivity contribution >= 4 is 33.3 Å². The molecule has 2 aromatic heterocycles. The number of nitrogens with zero attached hydrogens (tertiary/aromatic N) is 3. The molecule has 0 saturated heterocycles. The van der Waals surface area contributed by atoms with Crippen LogP contribution in [0.2, 0.25) is 0 Å². The normalized spacial score (nSPS) is 14.8. The smallest absolute Gasteiger partial charge is 0.323 e. The highest BCUT2D eigenvalue weighted by molar-refractivity contribution is 5.95. The van der Waals surface area contributed by atoms with Crippen molar-refractivity contribution in [3.63, 3.8) is 0 Å². The average molecular weight is 429 g/mol. The van der Waals surface area contributed by atoms with Gasteiger partial charge in [-0.1, -0.05) is 30.3 Å². The third kappa shape index (κ3) is 3.78. The van der Waals surface area contributed by atoms with Crippen LogP contribution < -0.4 is 0 Å². The van der Waals surface area contributed by atoms with Crippen LogP contribution in [-0.2, 0) is 17.9 Å². The lowest BCUT2D eigenvalue weighted by molar-refractivity contribution is -0.137. The van der Waals surface area contributed by atoms with Crippen molar-refractivity contribution in [1.29, 1.82) is 0 Å².